The third-order valence-corrected chi connectivity index (χ3v) is 6.57. The molecule has 2 aromatic carbocycles. The molecule has 3 heteroatoms. The van der Waals surface area contributed by atoms with Gasteiger partial charge in [0.2, 0.25) is 0 Å². The summed E-state index contributed by atoms with van der Waals surface area (Å²) < 4.78 is 0. The lowest BCUT2D eigenvalue weighted by Gasteiger charge is -2.36. The number of likely N-dealkylation sites (N-methyl/N-ethyl adjacent to an activating group) is 2. The Balaban J connectivity index is 0.00000210. The fourth-order valence-corrected chi connectivity index (χ4v) is 4.98. The Morgan fingerprint density at radius 3 is 1.56 bits per heavy atom. The molecule has 27 heavy (non-hydrogen) atoms. The Bertz CT molecular complexity index is 681. The highest BCUT2D eigenvalue weighted by atomic mass is 35.5. The van der Waals surface area contributed by atoms with Gasteiger partial charge in [0.1, 0.15) is 0 Å². The van der Waals surface area contributed by atoms with E-state index in [-0.39, 0.29) is 12.4 Å². The van der Waals surface area contributed by atoms with Crippen molar-refractivity contribution in [1.82, 2.24) is 9.80 Å². The van der Waals surface area contributed by atoms with Crippen LogP contribution in [0.3, 0.4) is 0 Å². The summed E-state index contributed by atoms with van der Waals surface area (Å²) in [6, 6.07) is 19.4. The molecular weight excluding hydrogens is 352 g/mol. The molecule has 146 valence electrons. The largest absolute Gasteiger partial charge is 0.299 e. The molecule has 0 saturated carbocycles. The van der Waals surface area contributed by atoms with Crippen LogP contribution in [0.1, 0.15) is 60.0 Å². The van der Waals surface area contributed by atoms with Crippen LogP contribution in [0.4, 0.5) is 0 Å². The minimum atomic E-state index is 0. The second kappa shape index (κ2) is 9.23. The Hall–Kier alpha value is -1.35. The van der Waals surface area contributed by atoms with Crippen LogP contribution in [0.15, 0.2) is 48.5 Å². The summed E-state index contributed by atoms with van der Waals surface area (Å²) in [6.45, 7) is 2.39. The molecule has 0 bridgehead atoms. The van der Waals surface area contributed by atoms with Crippen LogP contribution < -0.4 is 0 Å². The first-order valence-corrected chi connectivity index (χ1v) is 10.3. The predicted octanol–water partition coefficient (Wildman–Crippen LogP) is 5.43. The maximum atomic E-state index is 2.56. The maximum absolute atomic E-state index is 2.56. The predicted molar refractivity (Wildman–Crippen MR) is 117 cm³/mol. The van der Waals surface area contributed by atoms with Gasteiger partial charge < -0.3 is 0 Å². The summed E-state index contributed by atoms with van der Waals surface area (Å²) in [6.07, 6.45) is 7.60. The molecule has 2 heterocycles. The van der Waals surface area contributed by atoms with E-state index < -0.39 is 0 Å². The van der Waals surface area contributed by atoms with Crippen molar-refractivity contribution >= 4 is 12.4 Å². The van der Waals surface area contributed by atoms with Crippen LogP contribution in [0.2, 0.25) is 0 Å². The molecule has 2 aromatic rings. The third kappa shape index (κ3) is 4.39. The van der Waals surface area contributed by atoms with Crippen molar-refractivity contribution in [2.45, 2.75) is 50.6 Å². The number of halogens is 1. The van der Waals surface area contributed by atoms with Gasteiger partial charge in [-0.15, -0.1) is 12.4 Å². The third-order valence-electron chi connectivity index (χ3n) is 6.57. The quantitative estimate of drug-likeness (QED) is 0.634. The van der Waals surface area contributed by atoms with Gasteiger partial charge in [-0.25, -0.2) is 0 Å². The molecule has 4 rings (SSSR count). The summed E-state index contributed by atoms with van der Waals surface area (Å²) in [5, 5.41) is 0. The van der Waals surface area contributed by atoms with E-state index in [9.17, 15) is 0 Å². The number of hydrogen-bond acceptors (Lipinski definition) is 2. The van der Waals surface area contributed by atoms with Crippen molar-refractivity contribution in [1.29, 1.82) is 0 Å². The molecule has 2 aliphatic heterocycles. The van der Waals surface area contributed by atoms with Crippen LogP contribution in [0, 0.1) is 0 Å². The van der Waals surface area contributed by atoms with Gasteiger partial charge in [0, 0.05) is 25.2 Å². The zero-order valence-electron chi connectivity index (χ0n) is 16.7. The van der Waals surface area contributed by atoms with E-state index in [4.69, 9.17) is 0 Å². The monoisotopic (exact) mass is 384 g/mol. The number of nitrogens with zero attached hydrogens (tertiary/aromatic N) is 2. The molecule has 2 atom stereocenters. The topological polar surface area (TPSA) is 6.48 Å². The zero-order chi connectivity index (χ0) is 17.9. The molecular formula is C24H33ClN2. The number of hydrogen-bond donors (Lipinski definition) is 0. The molecule has 0 fully saturated rings. The lowest BCUT2D eigenvalue weighted by Crippen LogP contribution is -2.33. The Morgan fingerprint density at radius 2 is 1.11 bits per heavy atom. The normalized spacial score (nSPS) is 22.6. The summed E-state index contributed by atoms with van der Waals surface area (Å²) in [5.74, 6) is 0. The summed E-state index contributed by atoms with van der Waals surface area (Å²) in [5.41, 5.74) is 6.27. The highest BCUT2D eigenvalue weighted by molar-refractivity contribution is 5.85. The van der Waals surface area contributed by atoms with Gasteiger partial charge in [0.25, 0.3) is 0 Å². The van der Waals surface area contributed by atoms with Crippen molar-refractivity contribution in [3.63, 3.8) is 0 Å². The number of benzene rings is 2. The molecule has 0 spiro atoms. The smallest absolute Gasteiger partial charge is 0.0347 e. The highest BCUT2D eigenvalue weighted by Crippen LogP contribution is 2.35. The molecule has 2 unspecified atom stereocenters. The summed E-state index contributed by atoms with van der Waals surface area (Å²) >= 11 is 0. The number of fused-ring (bicyclic) bond motifs is 2. The van der Waals surface area contributed by atoms with Crippen molar-refractivity contribution in [2.24, 2.45) is 0 Å². The second-order valence-electron chi connectivity index (χ2n) is 8.17. The van der Waals surface area contributed by atoms with E-state index in [1.54, 1.807) is 22.3 Å². The van der Waals surface area contributed by atoms with Gasteiger partial charge >= 0.3 is 0 Å². The van der Waals surface area contributed by atoms with Gasteiger partial charge in [-0.3, -0.25) is 9.80 Å². The van der Waals surface area contributed by atoms with Crippen molar-refractivity contribution in [3.8, 4) is 0 Å². The van der Waals surface area contributed by atoms with Gasteiger partial charge in [-0.1, -0.05) is 61.4 Å². The lowest BCUT2D eigenvalue weighted by atomic mass is 9.87. The molecule has 0 radical (unpaired) electrons. The SMILES string of the molecule is CN1CCc2ccccc2C1CCCCC1c2ccccc2CCN1C.Cl. The molecule has 0 N–H and O–H groups in total. The lowest BCUT2D eigenvalue weighted by molar-refractivity contribution is 0.199. The van der Waals surface area contributed by atoms with Crippen LogP contribution in [0.25, 0.3) is 0 Å². The first-order valence-electron chi connectivity index (χ1n) is 10.3. The fourth-order valence-electron chi connectivity index (χ4n) is 4.98. The minimum absolute atomic E-state index is 0. The molecule has 2 aliphatic rings. The second-order valence-corrected chi connectivity index (χ2v) is 8.17. The molecule has 0 aromatic heterocycles. The standard InChI is InChI=1S/C24H32N2.ClH/c1-25-17-15-19-9-3-5-11-21(19)23(25)13-7-8-14-24-22-12-6-4-10-20(22)16-18-26(24)2;/h3-6,9-12,23-24H,7-8,13-18H2,1-2H3;1H. The van der Waals surface area contributed by atoms with Gasteiger partial charge in [-0.2, -0.15) is 0 Å². The Labute approximate surface area is 171 Å². The molecule has 0 saturated heterocycles. The van der Waals surface area contributed by atoms with Gasteiger partial charge in [0.15, 0.2) is 0 Å². The fraction of sp³-hybridized carbons (Fsp3) is 0.500. The Morgan fingerprint density at radius 1 is 0.704 bits per heavy atom. The van der Waals surface area contributed by atoms with Crippen LogP contribution in [-0.4, -0.2) is 37.0 Å². The molecule has 0 amide bonds. The number of rotatable bonds is 5. The maximum Gasteiger partial charge on any atom is 0.0347 e. The van der Waals surface area contributed by atoms with Crippen LogP contribution in [-0.2, 0) is 12.8 Å². The Kier molecular flexibility index (Phi) is 6.97. The van der Waals surface area contributed by atoms with E-state index in [0.29, 0.717) is 12.1 Å². The molecule has 0 aliphatic carbocycles. The van der Waals surface area contributed by atoms with Crippen LogP contribution >= 0.6 is 12.4 Å². The van der Waals surface area contributed by atoms with E-state index in [0.717, 1.165) is 0 Å². The average Bonchev–Trinajstić information content (AvgIpc) is 2.68. The number of unbranched alkanes of at least 4 members (excludes halogenated alkanes) is 1. The van der Waals surface area contributed by atoms with Crippen LogP contribution in [0.5, 0.6) is 0 Å². The minimum Gasteiger partial charge on any atom is -0.299 e. The average molecular weight is 385 g/mol. The van der Waals surface area contributed by atoms with Gasteiger partial charge in [-0.05, 0) is 62.0 Å². The summed E-state index contributed by atoms with van der Waals surface area (Å²) in [4.78, 5) is 5.12. The van der Waals surface area contributed by atoms with Crippen molar-refractivity contribution < 1.29 is 0 Å². The summed E-state index contributed by atoms with van der Waals surface area (Å²) in [7, 11) is 4.59. The van der Waals surface area contributed by atoms with Gasteiger partial charge in [0.05, 0.1) is 0 Å². The van der Waals surface area contributed by atoms with E-state index >= 15 is 0 Å². The van der Waals surface area contributed by atoms with E-state index in [1.165, 1.54) is 51.6 Å². The van der Waals surface area contributed by atoms with Crippen molar-refractivity contribution in [2.75, 3.05) is 27.2 Å². The van der Waals surface area contributed by atoms with Crippen molar-refractivity contribution in [3.05, 3.63) is 70.8 Å². The highest BCUT2D eigenvalue weighted by Gasteiger charge is 2.26. The van der Waals surface area contributed by atoms with E-state index in [1.807, 2.05) is 0 Å². The zero-order valence-corrected chi connectivity index (χ0v) is 17.5. The molecule has 2 nitrogen and oxygen atoms in total. The van der Waals surface area contributed by atoms with E-state index in [2.05, 4.69) is 72.4 Å². The first kappa shape index (κ1) is 20.4. The first-order chi connectivity index (χ1) is 12.7.